The number of rotatable bonds is 6. The van der Waals surface area contributed by atoms with E-state index in [-0.39, 0.29) is 11.8 Å². The van der Waals surface area contributed by atoms with Crippen LogP contribution in [-0.4, -0.2) is 17.7 Å². The topological polar surface area (TPSA) is 55.1 Å². The molecule has 19 heavy (non-hydrogen) atoms. The number of benzene rings is 1. The number of thioether (sulfide) groups is 1. The summed E-state index contributed by atoms with van der Waals surface area (Å²) in [5.74, 6) is -2.84. The first kappa shape index (κ1) is 15.9. The van der Waals surface area contributed by atoms with Crippen LogP contribution in [0.15, 0.2) is 29.2 Å². The molecule has 1 aromatic rings. The lowest BCUT2D eigenvalue weighted by Gasteiger charge is -2.18. The Morgan fingerprint density at radius 3 is 2.63 bits per heavy atom. The Morgan fingerprint density at radius 1 is 1.42 bits per heavy atom. The van der Waals surface area contributed by atoms with Crippen molar-refractivity contribution in [1.82, 2.24) is 0 Å². The molecule has 0 bridgehead atoms. The summed E-state index contributed by atoms with van der Waals surface area (Å²) in [7, 11) is 0. The second-order valence-electron chi connectivity index (χ2n) is 4.28. The average molecular weight is 288 g/mol. The van der Waals surface area contributed by atoms with Crippen molar-refractivity contribution < 1.29 is 13.6 Å². The van der Waals surface area contributed by atoms with E-state index in [1.54, 1.807) is 24.3 Å². The van der Waals surface area contributed by atoms with Gasteiger partial charge in [-0.2, -0.15) is 8.78 Å². The molecular weight excluding hydrogens is 270 g/mol. The minimum absolute atomic E-state index is 0.0370. The number of carbonyl (C=O) groups excluding carboxylic acids is 1. The molecule has 3 N–H and O–H groups in total. The predicted octanol–water partition coefficient (Wildman–Crippen LogP) is 3.31. The Balaban J connectivity index is 2.79. The van der Waals surface area contributed by atoms with Crippen LogP contribution >= 0.6 is 11.8 Å². The van der Waals surface area contributed by atoms with Gasteiger partial charge in [0.2, 0.25) is 5.91 Å². The van der Waals surface area contributed by atoms with Gasteiger partial charge in [0, 0.05) is 4.90 Å². The van der Waals surface area contributed by atoms with Crippen molar-refractivity contribution in [2.45, 2.75) is 37.0 Å². The van der Waals surface area contributed by atoms with Crippen LogP contribution in [0.25, 0.3) is 0 Å². The molecule has 0 saturated carbocycles. The van der Waals surface area contributed by atoms with Gasteiger partial charge in [0.25, 0.3) is 5.76 Å². The minimum Gasteiger partial charge on any atom is -0.324 e. The van der Waals surface area contributed by atoms with E-state index in [4.69, 9.17) is 5.73 Å². The van der Waals surface area contributed by atoms with E-state index in [1.807, 2.05) is 13.8 Å². The molecule has 0 aliphatic rings. The third-order valence-electron chi connectivity index (χ3n) is 2.92. The van der Waals surface area contributed by atoms with E-state index in [0.717, 1.165) is 6.42 Å². The maximum Gasteiger partial charge on any atom is 0.288 e. The summed E-state index contributed by atoms with van der Waals surface area (Å²) in [5.41, 5.74) is 6.18. The Bertz CT molecular complexity index is 429. The third-order valence-corrected chi connectivity index (χ3v) is 3.71. The summed E-state index contributed by atoms with van der Waals surface area (Å²) in [6.07, 6.45) is 0.780. The van der Waals surface area contributed by atoms with E-state index >= 15 is 0 Å². The van der Waals surface area contributed by atoms with Crippen LogP contribution in [-0.2, 0) is 4.79 Å². The zero-order valence-electron chi connectivity index (χ0n) is 10.9. The molecule has 0 spiro atoms. The molecule has 0 radical (unpaired) electrons. The van der Waals surface area contributed by atoms with E-state index in [1.165, 1.54) is 0 Å². The molecule has 1 unspecified atom stereocenters. The first-order valence-electron chi connectivity index (χ1n) is 6.06. The van der Waals surface area contributed by atoms with Crippen molar-refractivity contribution in [3.05, 3.63) is 24.3 Å². The minimum atomic E-state index is -2.53. The van der Waals surface area contributed by atoms with Crippen molar-refractivity contribution in [3.63, 3.8) is 0 Å². The summed E-state index contributed by atoms with van der Waals surface area (Å²) in [6.45, 7) is 3.82. The van der Waals surface area contributed by atoms with E-state index in [2.05, 4.69) is 5.32 Å². The lowest BCUT2D eigenvalue weighted by molar-refractivity contribution is -0.118. The fourth-order valence-electron chi connectivity index (χ4n) is 1.50. The first-order valence-corrected chi connectivity index (χ1v) is 6.94. The van der Waals surface area contributed by atoms with Crippen LogP contribution in [0.3, 0.4) is 0 Å². The lowest BCUT2D eigenvalue weighted by Crippen LogP contribution is -2.40. The molecule has 0 aliphatic carbocycles. The predicted molar refractivity (Wildman–Crippen MR) is 74.4 cm³/mol. The van der Waals surface area contributed by atoms with Gasteiger partial charge in [0.1, 0.15) is 0 Å². The van der Waals surface area contributed by atoms with Gasteiger partial charge < -0.3 is 11.1 Å². The van der Waals surface area contributed by atoms with Crippen LogP contribution in [0.1, 0.15) is 20.3 Å². The van der Waals surface area contributed by atoms with Crippen molar-refractivity contribution in [2.75, 3.05) is 5.32 Å². The number of nitrogens with one attached hydrogen (secondary N) is 1. The summed E-state index contributed by atoms with van der Waals surface area (Å²) < 4.78 is 24.8. The zero-order chi connectivity index (χ0) is 14.4. The maximum absolute atomic E-state index is 12.4. The molecule has 0 saturated heterocycles. The number of anilines is 1. The fourth-order valence-corrected chi connectivity index (χ4v) is 2.09. The van der Waals surface area contributed by atoms with Crippen LogP contribution in [0, 0.1) is 5.92 Å². The van der Waals surface area contributed by atoms with Crippen LogP contribution in [0.5, 0.6) is 0 Å². The fraction of sp³-hybridized carbons (Fsp3) is 0.462. The SMILES string of the molecule is CCC(C)[C@H](N)C(=O)Nc1ccccc1SC(F)F. The van der Waals surface area contributed by atoms with Gasteiger partial charge in [-0.15, -0.1) is 0 Å². The van der Waals surface area contributed by atoms with Crippen LogP contribution in [0.2, 0.25) is 0 Å². The zero-order valence-corrected chi connectivity index (χ0v) is 11.7. The van der Waals surface area contributed by atoms with Gasteiger partial charge in [-0.3, -0.25) is 4.79 Å². The van der Waals surface area contributed by atoms with Gasteiger partial charge in [-0.25, -0.2) is 0 Å². The Kier molecular flexibility index (Phi) is 6.24. The molecule has 106 valence electrons. The first-order chi connectivity index (χ1) is 8.95. The number of carbonyl (C=O) groups is 1. The summed E-state index contributed by atoms with van der Waals surface area (Å²) in [4.78, 5) is 12.3. The molecule has 1 amide bonds. The van der Waals surface area contributed by atoms with E-state index in [9.17, 15) is 13.6 Å². The van der Waals surface area contributed by atoms with Gasteiger partial charge in [0.15, 0.2) is 0 Å². The van der Waals surface area contributed by atoms with Crippen LogP contribution in [0.4, 0.5) is 14.5 Å². The molecule has 2 atom stereocenters. The quantitative estimate of drug-likeness (QED) is 0.790. The summed E-state index contributed by atoms with van der Waals surface area (Å²) in [5, 5.41) is 2.61. The number of nitrogens with two attached hydrogens (primary N) is 1. The highest BCUT2D eigenvalue weighted by Crippen LogP contribution is 2.31. The molecule has 0 fully saturated rings. The van der Waals surface area contributed by atoms with E-state index < -0.39 is 11.8 Å². The average Bonchev–Trinajstić information content (AvgIpc) is 2.38. The second kappa shape index (κ2) is 7.45. The Labute approximate surface area is 115 Å². The van der Waals surface area contributed by atoms with Crippen LogP contribution < -0.4 is 11.1 Å². The number of alkyl halides is 2. The van der Waals surface area contributed by atoms with Crippen molar-refractivity contribution >= 4 is 23.4 Å². The van der Waals surface area contributed by atoms with Crippen molar-refractivity contribution in [2.24, 2.45) is 11.7 Å². The monoisotopic (exact) mass is 288 g/mol. The smallest absolute Gasteiger partial charge is 0.288 e. The highest BCUT2D eigenvalue weighted by molar-refractivity contribution is 7.99. The Morgan fingerprint density at radius 2 is 2.05 bits per heavy atom. The maximum atomic E-state index is 12.4. The highest BCUT2D eigenvalue weighted by Gasteiger charge is 2.20. The van der Waals surface area contributed by atoms with Gasteiger partial charge in [0.05, 0.1) is 11.7 Å². The number of hydrogen-bond acceptors (Lipinski definition) is 3. The molecule has 6 heteroatoms. The largest absolute Gasteiger partial charge is 0.324 e. The Hall–Kier alpha value is -1.14. The standard InChI is InChI=1S/C13H18F2N2OS/c1-3-8(2)11(16)12(18)17-9-6-4-5-7-10(9)19-13(14)15/h4-8,11,13H,3,16H2,1-2H3,(H,17,18)/t8?,11-/m0/s1. The number of para-hydroxylation sites is 1. The van der Waals surface area contributed by atoms with Crippen molar-refractivity contribution in [3.8, 4) is 0 Å². The molecule has 3 nitrogen and oxygen atoms in total. The molecule has 1 aromatic carbocycles. The number of halogens is 2. The van der Waals surface area contributed by atoms with E-state index in [0.29, 0.717) is 22.3 Å². The number of amides is 1. The molecule has 0 aliphatic heterocycles. The number of hydrogen-bond donors (Lipinski definition) is 2. The normalized spacial score (nSPS) is 14.2. The van der Waals surface area contributed by atoms with Gasteiger partial charge in [-0.1, -0.05) is 44.2 Å². The highest BCUT2D eigenvalue weighted by atomic mass is 32.2. The van der Waals surface area contributed by atoms with Crippen molar-refractivity contribution in [1.29, 1.82) is 0 Å². The molecule has 0 aromatic heterocycles. The summed E-state index contributed by atoms with van der Waals surface area (Å²) in [6, 6.07) is 5.82. The lowest BCUT2D eigenvalue weighted by atomic mass is 9.99. The molecular formula is C13H18F2N2OS. The second-order valence-corrected chi connectivity index (χ2v) is 5.31. The molecule has 1 rings (SSSR count). The van der Waals surface area contributed by atoms with Gasteiger partial charge >= 0.3 is 0 Å². The molecule has 0 heterocycles. The van der Waals surface area contributed by atoms with Gasteiger partial charge in [-0.05, 0) is 18.1 Å². The summed E-state index contributed by atoms with van der Waals surface area (Å²) >= 11 is 0.404. The third kappa shape index (κ3) is 4.80.